The molecule has 1 nitrogen and oxygen atoms in total. The summed E-state index contributed by atoms with van der Waals surface area (Å²) < 4.78 is 0. The summed E-state index contributed by atoms with van der Waals surface area (Å²) in [5, 5.41) is 11.8. The van der Waals surface area contributed by atoms with E-state index in [0.717, 1.165) is 0 Å². The van der Waals surface area contributed by atoms with Crippen molar-refractivity contribution in [2.75, 3.05) is 0 Å². The average molecular weight is 322 g/mol. The van der Waals surface area contributed by atoms with Crippen LogP contribution in [0.5, 0.6) is 0 Å². The van der Waals surface area contributed by atoms with E-state index in [2.05, 4.69) is 69.3 Å². The Morgan fingerprint density at radius 2 is 1.46 bits per heavy atom. The first-order valence-electron chi connectivity index (χ1n) is 9.58. The lowest BCUT2D eigenvalue weighted by Crippen LogP contribution is -2.48. The molecule has 2 atom stereocenters. The van der Waals surface area contributed by atoms with Crippen LogP contribution >= 0.6 is 0 Å². The van der Waals surface area contributed by atoms with Crippen molar-refractivity contribution in [2.24, 2.45) is 29.1 Å². The molecule has 0 heterocycles. The van der Waals surface area contributed by atoms with E-state index in [9.17, 15) is 5.11 Å². The van der Waals surface area contributed by atoms with Gasteiger partial charge >= 0.3 is 0 Å². The maximum Gasteiger partial charge on any atom is 0.0772 e. The molecule has 3 aliphatic rings. The molecule has 0 spiro atoms. The summed E-state index contributed by atoms with van der Waals surface area (Å²) in [6.07, 6.45) is 11.9. The Labute approximate surface area is 146 Å². The molecule has 0 unspecified atom stereocenters. The van der Waals surface area contributed by atoms with E-state index in [4.69, 9.17) is 0 Å². The molecule has 1 N–H and O–H groups in total. The SMILES string of the molecule is CC(C)(C)[C@H]1C=CC(c2ccccc2)=C[C@@H]1C(O)(C1CC1)C1CC1. The Hall–Kier alpha value is -1.34. The van der Waals surface area contributed by atoms with E-state index in [1.54, 1.807) is 0 Å². The molecule has 1 heteroatoms. The predicted octanol–water partition coefficient (Wildman–Crippen LogP) is 5.47. The first kappa shape index (κ1) is 16.1. The van der Waals surface area contributed by atoms with Gasteiger partial charge in [-0.15, -0.1) is 0 Å². The average Bonchev–Trinajstić information content (AvgIpc) is 3.45. The van der Waals surface area contributed by atoms with Crippen molar-refractivity contribution in [2.45, 2.75) is 52.1 Å². The highest BCUT2D eigenvalue weighted by Gasteiger charge is 2.59. The number of aliphatic hydroxyl groups is 1. The van der Waals surface area contributed by atoms with Gasteiger partial charge in [-0.1, -0.05) is 69.3 Å². The molecule has 3 aliphatic carbocycles. The summed E-state index contributed by atoms with van der Waals surface area (Å²) in [7, 11) is 0. The van der Waals surface area contributed by atoms with Gasteiger partial charge in [0.25, 0.3) is 0 Å². The van der Waals surface area contributed by atoms with Crippen LogP contribution in [0, 0.1) is 29.1 Å². The Morgan fingerprint density at radius 1 is 0.875 bits per heavy atom. The molecule has 1 aromatic carbocycles. The Kier molecular flexibility index (Phi) is 3.76. The van der Waals surface area contributed by atoms with Crippen LogP contribution in [0.1, 0.15) is 52.0 Å². The van der Waals surface area contributed by atoms with Crippen molar-refractivity contribution in [3.63, 3.8) is 0 Å². The molecule has 0 radical (unpaired) electrons. The van der Waals surface area contributed by atoms with Gasteiger partial charge in [0.2, 0.25) is 0 Å². The summed E-state index contributed by atoms with van der Waals surface area (Å²) in [4.78, 5) is 0. The van der Waals surface area contributed by atoms with Gasteiger partial charge in [-0.25, -0.2) is 0 Å². The van der Waals surface area contributed by atoms with Crippen LogP contribution in [0.15, 0.2) is 48.6 Å². The lowest BCUT2D eigenvalue weighted by molar-refractivity contribution is -0.0695. The monoisotopic (exact) mass is 322 g/mol. The normalized spacial score (nSPS) is 27.9. The third kappa shape index (κ3) is 2.77. The first-order valence-corrected chi connectivity index (χ1v) is 9.58. The number of allylic oxidation sites excluding steroid dienone is 3. The third-order valence-electron chi connectivity index (χ3n) is 6.33. The number of benzene rings is 1. The molecular formula is C23H30O. The van der Waals surface area contributed by atoms with Crippen LogP contribution in [-0.4, -0.2) is 10.7 Å². The smallest absolute Gasteiger partial charge is 0.0772 e. The van der Waals surface area contributed by atoms with Crippen LogP contribution in [0.25, 0.3) is 5.57 Å². The third-order valence-corrected chi connectivity index (χ3v) is 6.33. The molecule has 1 aromatic rings. The zero-order valence-corrected chi connectivity index (χ0v) is 15.2. The fraction of sp³-hybridized carbons (Fsp3) is 0.565. The van der Waals surface area contributed by atoms with E-state index < -0.39 is 5.60 Å². The second kappa shape index (κ2) is 5.59. The van der Waals surface area contributed by atoms with Crippen molar-refractivity contribution in [1.29, 1.82) is 0 Å². The topological polar surface area (TPSA) is 20.2 Å². The minimum absolute atomic E-state index is 0.164. The van der Waals surface area contributed by atoms with Gasteiger partial charge in [0.1, 0.15) is 0 Å². The molecule has 0 aliphatic heterocycles. The van der Waals surface area contributed by atoms with Gasteiger partial charge in [-0.3, -0.25) is 0 Å². The van der Waals surface area contributed by atoms with Crippen molar-refractivity contribution in [1.82, 2.24) is 0 Å². The van der Waals surface area contributed by atoms with Crippen molar-refractivity contribution < 1.29 is 5.11 Å². The van der Waals surface area contributed by atoms with Crippen LogP contribution in [0.4, 0.5) is 0 Å². The lowest BCUT2D eigenvalue weighted by Gasteiger charge is -2.46. The lowest BCUT2D eigenvalue weighted by atomic mass is 9.62. The van der Waals surface area contributed by atoms with Crippen LogP contribution in [0.3, 0.4) is 0 Å². The fourth-order valence-corrected chi connectivity index (χ4v) is 4.72. The predicted molar refractivity (Wildman–Crippen MR) is 100 cm³/mol. The second-order valence-corrected chi connectivity index (χ2v) is 9.20. The van der Waals surface area contributed by atoms with Crippen LogP contribution < -0.4 is 0 Å². The summed E-state index contributed by atoms with van der Waals surface area (Å²) in [5.74, 6) is 1.66. The van der Waals surface area contributed by atoms with E-state index in [-0.39, 0.29) is 11.3 Å². The molecule has 0 bridgehead atoms. The Balaban J connectivity index is 1.76. The van der Waals surface area contributed by atoms with Gasteiger partial charge in [-0.2, -0.15) is 0 Å². The fourth-order valence-electron chi connectivity index (χ4n) is 4.72. The second-order valence-electron chi connectivity index (χ2n) is 9.20. The minimum atomic E-state index is -0.497. The molecular weight excluding hydrogens is 292 g/mol. The van der Waals surface area contributed by atoms with Gasteiger partial charge < -0.3 is 5.11 Å². The van der Waals surface area contributed by atoms with Gasteiger partial charge in [-0.05, 0) is 60.0 Å². The highest BCUT2D eigenvalue weighted by atomic mass is 16.3. The molecule has 2 saturated carbocycles. The quantitative estimate of drug-likeness (QED) is 0.779. The molecule has 24 heavy (non-hydrogen) atoms. The number of hydrogen-bond acceptors (Lipinski definition) is 1. The molecule has 4 rings (SSSR count). The summed E-state index contributed by atoms with van der Waals surface area (Å²) in [6.45, 7) is 6.95. The highest BCUT2D eigenvalue weighted by Crippen LogP contribution is 2.59. The largest absolute Gasteiger partial charge is 0.389 e. The maximum atomic E-state index is 11.8. The summed E-state index contributed by atoms with van der Waals surface area (Å²) in [5.41, 5.74) is 2.21. The minimum Gasteiger partial charge on any atom is -0.389 e. The molecule has 2 fully saturated rings. The van der Waals surface area contributed by atoms with E-state index >= 15 is 0 Å². The van der Waals surface area contributed by atoms with Gasteiger partial charge in [0.05, 0.1) is 5.60 Å². The summed E-state index contributed by atoms with van der Waals surface area (Å²) >= 11 is 0. The highest BCUT2D eigenvalue weighted by molar-refractivity contribution is 5.75. The number of hydrogen-bond donors (Lipinski definition) is 1. The molecule has 0 amide bonds. The first-order chi connectivity index (χ1) is 11.4. The zero-order chi connectivity index (χ0) is 16.9. The van der Waals surface area contributed by atoms with Crippen LogP contribution in [0.2, 0.25) is 0 Å². The van der Waals surface area contributed by atoms with Crippen molar-refractivity contribution in [3.8, 4) is 0 Å². The Morgan fingerprint density at radius 3 is 1.96 bits per heavy atom. The van der Waals surface area contributed by atoms with Crippen molar-refractivity contribution in [3.05, 3.63) is 54.1 Å². The zero-order valence-electron chi connectivity index (χ0n) is 15.2. The Bertz CT molecular complexity index is 641. The van der Waals surface area contributed by atoms with E-state index in [1.165, 1.54) is 36.8 Å². The molecule has 0 saturated heterocycles. The van der Waals surface area contributed by atoms with Gasteiger partial charge in [0.15, 0.2) is 0 Å². The maximum absolute atomic E-state index is 11.8. The van der Waals surface area contributed by atoms with Crippen LogP contribution in [-0.2, 0) is 0 Å². The van der Waals surface area contributed by atoms with E-state index in [0.29, 0.717) is 17.8 Å². The standard InChI is InChI=1S/C23H30O/c1-22(2,3)20-14-9-17(16-7-5-4-6-8-16)15-21(20)23(24,18-10-11-18)19-12-13-19/h4-9,14-15,18-21,24H,10-13H2,1-3H3/t20-,21-/m0/s1. The molecule has 128 valence electrons. The molecule has 0 aromatic heterocycles. The van der Waals surface area contributed by atoms with Gasteiger partial charge in [0, 0.05) is 5.92 Å². The van der Waals surface area contributed by atoms with Crippen molar-refractivity contribution >= 4 is 5.57 Å². The number of rotatable bonds is 4. The summed E-state index contributed by atoms with van der Waals surface area (Å²) in [6, 6.07) is 10.6. The van der Waals surface area contributed by atoms with E-state index in [1.807, 2.05) is 0 Å².